The summed E-state index contributed by atoms with van der Waals surface area (Å²) in [5, 5.41) is 0.769. The van der Waals surface area contributed by atoms with Gasteiger partial charge in [0.25, 0.3) is 0 Å². The molecule has 0 unspecified atom stereocenters. The molecule has 7 nitrogen and oxygen atoms in total. The first-order valence-electron chi connectivity index (χ1n) is 17.0. The second-order valence-electron chi connectivity index (χ2n) is 15.9. The summed E-state index contributed by atoms with van der Waals surface area (Å²) in [5.41, 5.74) is 3.63. The standard InChI is InChI=1S/C36H50BF3N4O3/c1-23(45-9)31-28(19-26(21-41-31)43-16-14-42(15-17-43)25-11-12-25)32-29(20-33(2,3)4)27-18-24(37-46-34(5,6)35(7,8)47-37)10-13-30(27)44(32)22-36(38,39)40/h10,13,18-19,21,23,25H,11-12,14-17,20,22H2,1-9H3/t23-/m0/s1. The van der Waals surface area contributed by atoms with Crippen LogP contribution in [0.3, 0.4) is 0 Å². The number of aromatic nitrogens is 2. The van der Waals surface area contributed by atoms with E-state index in [4.69, 9.17) is 19.0 Å². The van der Waals surface area contributed by atoms with Crippen LogP contribution in [0, 0.1) is 5.41 Å². The van der Waals surface area contributed by atoms with Gasteiger partial charge in [0.2, 0.25) is 0 Å². The van der Waals surface area contributed by atoms with Gasteiger partial charge in [-0.15, -0.1) is 0 Å². The predicted octanol–water partition coefficient (Wildman–Crippen LogP) is 7.15. The molecule has 1 atom stereocenters. The van der Waals surface area contributed by atoms with Crippen LogP contribution in [0.15, 0.2) is 30.5 Å². The summed E-state index contributed by atoms with van der Waals surface area (Å²) in [6, 6.07) is 8.37. The van der Waals surface area contributed by atoms with Gasteiger partial charge in [0.15, 0.2) is 0 Å². The molecule has 3 aliphatic rings. The van der Waals surface area contributed by atoms with Crippen LogP contribution in [0.5, 0.6) is 0 Å². The molecule has 2 saturated heterocycles. The molecule has 1 saturated carbocycles. The molecule has 0 bridgehead atoms. The Labute approximate surface area is 277 Å². The van der Waals surface area contributed by atoms with E-state index < -0.39 is 37.1 Å². The lowest BCUT2D eigenvalue weighted by Gasteiger charge is -2.36. The smallest absolute Gasteiger partial charge is 0.399 e. The molecule has 0 N–H and O–H groups in total. The highest BCUT2D eigenvalue weighted by atomic mass is 19.4. The number of benzene rings is 1. The maximum absolute atomic E-state index is 14.5. The highest BCUT2D eigenvalue weighted by Gasteiger charge is 2.52. The average molecular weight is 655 g/mol. The molecule has 0 amide bonds. The van der Waals surface area contributed by atoms with Gasteiger partial charge in [-0.05, 0) is 82.5 Å². The van der Waals surface area contributed by atoms with E-state index in [0.29, 0.717) is 34.9 Å². The van der Waals surface area contributed by atoms with Crippen molar-refractivity contribution in [3.8, 4) is 11.3 Å². The lowest BCUT2D eigenvalue weighted by molar-refractivity contribution is -0.139. The van der Waals surface area contributed by atoms with Crippen molar-refractivity contribution in [2.75, 3.05) is 38.2 Å². The van der Waals surface area contributed by atoms with E-state index in [-0.39, 0.29) is 5.41 Å². The van der Waals surface area contributed by atoms with Crippen LogP contribution in [0.1, 0.15) is 85.6 Å². The zero-order valence-electron chi connectivity index (χ0n) is 29.4. The monoisotopic (exact) mass is 654 g/mol. The van der Waals surface area contributed by atoms with Gasteiger partial charge in [-0.25, -0.2) is 0 Å². The van der Waals surface area contributed by atoms with Crippen molar-refractivity contribution in [1.29, 1.82) is 0 Å². The minimum atomic E-state index is -4.44. The fraction of sp³-hybridized carbons (Fsp3) is 0.639. The number of fused-ring (bicyclic) bond motifs is 1. The van der Waals surface area contributed by atoms with E-state index in [1.165, 1.54) is 17.4 Å². The number of piperazine rings is 1. The molecular weight excluding hydrogens is 604 g/mol. The Morgan fingerprint density at radius 2 is 1.64 bits per heavy atom. The third-order valence-corrected chi connectivity index (χ3v) is 10.4. The number of hydrogen-bond acceptors (Lipinski definition) is 6. The van der Waals surface area contributed by atoms with Crippen molar-refractivity contribution < 1.29 is 27.2 Å². The van der Waals surface area contributed by atoms with Gasteiger partial charge in [0.1, 0.15) is 6.54 Å². The SMILES string of the molecule is CO[C@@H](C)c1ncc(N2CCN(C3CC3)CC2)cc1-c1c(CC(C)(C)C)c2cc(B3OC(C)(C)C(C)(C)O3)ccc2n1CC(F)(F)F. The summed E-state index contributed by atoms with van der Waals surface area (Å²) < 4.78 is 63.4. The molecule has 2 aliphatic heterocycles. The first-order valence-corrected chi connectivity index (χ1v) is 17.0. The molecule has 0 spiro atoms. The molecule has 1 aliphatic carbocycles. The van der Waals surface area contributed by atoms with Crippen molar-refractivity contribution >= 4 is 29.2 Å². The molecule has 1 aromatic carbocycles. The first kappa shape index (κ1) is 34.3. The number of methoxy groups -OCH3 is 1. The second kappa shape index (κ2) is 12.1. The quantitative estimate of drug-likeness (QED) is 0.241. The van der Waals surface area contributed by atoms with Crippen molar-refractivity contribution in [3.63, 3.8) is 0 Å². The zero-order valence-corrected chi connectivity index (χ0v) is 29.4. The summed E-state index contributed by atoms with van der Waals surface area (Å²) >= 11 is 0. The second-order valence-corrected chi connectivity index (χ2v) is 15.9. The summed E-state index contributed by atoms with van der Waals surface area (Å²) in [6.07, 6.45) is 0.0871. The van der Waals surface area contributed by atoms with Gasteiger partial charge >= 0.3 is 13.3 Å². The Kier molecular flexibility index (Phi) is 8.80. The molecule has 2 aromatic heterocycles. The van der Waals surface area contributed by atoms with Crippen molar-refractivity contribution in [3.05, 3.63) is 41.7 Å². The molecule has 0 radical (unpaired) electrons. The Hall–Kier alpha value is -2.60. The number of nitrogens with zero attached hydrogens (tertiary/aromatic N) is 4. The van der Waals surface area contributed by atoms with Crippen molar-refractivity contribution in [2.24, 2.45) is 5.41 Å². The Morgan fingerprint density at radius 1 is 1.00 bits per heavy atom. The fourth-order valence-electron chi connectivity index (χ4n) is 6.98. The Bertz CT molecular complexity index is 1600. The molecule has 256 valence electrons. The van der Waals surface area contributed by atoms with E-state index in [1.54, 1.807) is 13.2 Å². The molecule has 6 rings (SSSR count). The number of anilines is 1. The summed E-state index contributed by atoms with van der Waals surface area (Å²) in [5.74, 6) is 0. The summed E-state index contributed by atoms with van der Waals surface area (Å²) in [7, 11) is 0.976. The van der Waals surface area contributed by atoms with Gasteiger partial charge in [-0.3, -0.25) is 9.88 Å². The van der Waals surface area contributed by atoms with E-state index >= 15 is 0 Å². The third-order valence-electron chi connectivity index (χ3n) is 10.4. The van der Waals surface area contributed by atoms with Gasteiger partial charge in [0.05, 0.1) is 40.6 Å². The van der Waals surface area contributed by atoms with E-state index in [2.05, 4.69) is 30.6 Å². The summed E-state index contributed by atoms with van der Waals surface area (Å²) in [6.45, 7) is 18.8. The number of pyridine rings is 1. The molecule has 3 aromatic rings. The van der Waals surface area contributed by atoms with E-state index in [9.17, 15) is 13.2 Å². The molecule has 4 heterocycles. The maximum Gasteiger partial charge on any atom is 0.494 e. The number of alkyl halides is 3. The van der Waals surface area contributed by atoms with Crippen LogP contribution in [-0.4, -0.2) is 78.3 Å². The van der Waals surface area contributed by atoms with Gasteiger partial charge < -0.3 is 23.5 Å². The lowest BCUT2D eigenvalue weighted by Crippen LogP contribution is -2.47. The average Bonchev–Trinajstić information content (AvgIpc) is 3.76. The van der Waals surface area contributed by atoms with Crippen LogP contribution in [-0.2, 0) is 27.0 Å². The maximum atomic E-state index is 14.5. The van der Waals surface area contributed by atoms with Crippen LogP contribution < -0.4 is 10.4 Å². The highest BCUT2D eigenvalue weighted by molar-refractivity contribution is 6.62. The summed E-state index contributed by atoms with van der Waals surface area (Å²) in [4.78, 5) is 9.77. The molecule has 11 heteroatoms. The minimum absolute atomic E-state index is 0.219. The molecule has 47 heavy (non-hydrogen) atoms. The normalized spacial score (nSPS) is 21.2. The number of hydrogen-bond donors (Lipinski definition) is 0. The predicted molar refractivity (Wildman–Crippen MR) is 182 cm³/mol. The zero-order chi connectivity index (χ0) is 34.1. The van der Waals surface area contributed by atoms with Gasteiger partial charge in [-0.1, -0.05) is 32.9 Å². The van der Waals surface area contributed by atoms with Crippen LogP contribution >= 0.6 is 0 Å². The molecule has 3 fully saturated rings. The van der Waals surface area contributed by atoms with Crippen molar-refractivity contribution in [1.82, 2.24) is 14.5 Å². The fourth-order valence-corrected chi connectivity index (χ4v) is 6.98. The number of halogens is 3. The van der Waals surface area contributed by atoms with E-state index in [1.807, 2.05) is 59.0 Å². The minimum Gasteiger partial charge on any atom is -0.399 e. The molecular formula is C36H50BF3N4O3. The third kappa shape index (κ3) is 6.96. The van der Waals surface area contributed by atoms with Gasteiger partial charge in [-0.2, -0.15) is 13.2 Å². The Balaban J connectivity index is 1.55. The topological polar surface area (TPSA) is 52.0 Å². The highest BCUT2D eigenvalue weighted by Crippen LogP contribution is 2.43. The largest absolute Gasteiger partial charge is 0.494 e. The van der Waals surface area contributed by atoms with Crippen molar-refractivity contribution in [2.45, 2.75) is 111 Å². The first-order chi connectivity index (χ1) is 21.9. The lowest BCUT2D eigenvalue weighted by atomic mass is 9.77. The van der Waals surface area contributed by atoms with Crippen LogP contribution in [0.4, 0.5) is 18.9 Å². The van der Waals surface area contributed by atoms with Gasteiger partial charge in [0, 0.05) is 55.8 Å². The van der Waals surface area contributed by atoms with E-state index in [0.717, 1.165) is 48.3 Å². The number of rotatable bonds is 8. The number of ether oxygens (including phenoxy) is 1. The van der Waals surface area contributed by atoms with Crippen LogP contribution in [0.25, 0.3) is 22.2 Å². The van der Waals surface area contributed by atoms with Crippen LogP contribution in [0.2, 0.25) is 0 Å². The Morgan fingerprint density at radius 3 is 2.19 bits per heavy atom.